The molecule has 18 heavy (non-hydrogen) atoms. The number of Topliss-reactive ketones (excluding diaryl/α,β-unsaturated/α-hetero) is 1. The highest BCUT2D eigenvalue weighted by Gasteiger charge is 2.56. The Kier molecular flexibility index (Phi) is 2.20. The molecular weight excluding hydrogens is 224 g/mol. The zero-order chi connectivity index (χ0) is 13.2. The lowest BCUT2D eigenvalue weighted by molar-refractivity contribution is -0.122. The summed E-state index contributed by atoms with van der Waals surface area (Å²) in [6.45, 7) is 10.4. The van der Waals surface area contributed by atoms with Crippen molar-refractivity contribution in [2.75, 3.05) is 0 Å². The maximum atomic E-state index is 12.4. The summed E-state index contributed by atoms with van der Waals surface area (Å²) in [5, 5.41) is 0. The molecule has 3 rings (SSSR count). The molecule has 2 aliphatic rings. The van der Waals surface area contributed by atoms with Gasteiger partial charge in [0, 0.05) is 11.5 Å². The van der Waals surface area contributed by atoms with Gasteiger partial charge in [0.25, 0.3) is 0 Å². The summed E-state index contributed by atoms with van der Waals surface area (Å²) >= 11 is 0. The molecule has 1 heterocycles. The van der Waals surface area contributed by atoms with Gasteiger partial charge in [-0.2, -0.15) is 0 Å². The number of benzene rings is 1. The number of rotatable bonds is 0. The van der Waals surface area contributed by atoms with Crippen molar-refractivity contribution in [1.29, 1.82) is 0 Å². The summed E-state index contributed by atoms with van der Waals surface area (Å²) in [6.07, 6.45) is 0.836. The van der Waals surface area contributed by atoms with Crippen molar-refractivity contribution in [2.45, 2.75) is 52.6 Å². The van der Waals surface area contributed by atoms with Crippen LogP contribution in [-0.2, 0) is 4.79 Å². The summed E-state index contributed by atoms with van der Waals surface area (Å²) in [5.41, 5.74) is 4.46. The van der Waals surface area contributed by atoms with Gasteiger partial charge in [-0.25, -0.2) is 0 Å². The molecular formula is C16H20O2. The van der Waals surface area contributed by atoms with Crippen LogP contribution in [0, 0.1) is 26.7 Å². The van der Waals surface area contributed by atoms with Gasteiger partial charge in [-0.15, -0.1) is 0 Å². The summed E-state index contributed by atoms with van der Waals surface area (Å²) in [7, 11) is 0. The van der Waals surface area contributed by atoms with E-state index in [2.05, 4.69) is 33.8 Å². The van der Waals surface area contributed by atoms with Crippen LogP contribution in [0.5, 0.6) is 5.75 Å². The zero-order valence-electron chi connectivity index (χ0n) is 11.8. The van der Waals surface area contributed by atoms with Crippen molar-refractivity contribution < 1.29 is 9.53 Å². The van der Waals surface area contributed by atoms with E-state index >= 15 is 0 Å². The summed E-state index contributed by atoms with van der Waals surface area (Å²) in [6, 6.07) is 2.18. The number of hydrogen-bond donors (Lipinski definition) is 0. The van der Waals surface area contributed by atoms with E-state index in [1.54, 1.807) is 0 Å². The SMILES string of the molecule is Cc1cc(C)c2c(c1C)OC1(C)CC(C)C(=O)C21. The predicted octanol–water partition coefficient (Wildman–Crippen LogP) is 3.46. The van der Waals surface area contributed by atoms with Crippen LogP contribution in [0.25, 0.3) is 0 Å². The molecule has 0 amide bonds. The number of carbonyl (C=O) groups is 1. The minimum Gasteiger partial charge on any atom is -0.486 e. The molecule has 0 aromatic heterocycles. The standard InChI is InChI=1S/C16H20O2/c1-8-6-9(2)12-13-14(17)10(3)7-16(13,5)18-15(12)11(8)4/h6,10,13H,7H2,1-5H3. The number of ketones is 1. The van der Waals surface area contributed by atoms with E-state index in [9.17, 15) is 4.79 Å². The van der Waals surface area contributed by atoms with E-state index in [-0.39, 0.29) is 17.4 Å². The molecule has 0 spiro atoms. The predicted molar refractivity (Wildman–Crippen MR) is 71.2 cm³/mol. The van der Waals surface area contributed by atoms with Gasteiger partial charge >= 0.3 is 0 Å². The van der Waals surface area contributed by atoms with Crippen molar-refractivity contribution in [3.8, 4) is 5.75 Å². The molecule has 96 valence electrons. The number of hydrogen-bond acceptors (Lipinski definition) is 2. The van der Waals surface area contributed by atoms with Crippen LogP contribution in [0.2, 0.25) is 0 Å². The lowest BCUT2D eigenvalue weighted by atomic mass is 9.84. The molecule has 1 aliphatic carbocycles. The molecule has 1 aliphatic heterocycles. The first kappa shape index (κ1) is 11.8. The first-order valence-electron chi connectivity index (χ1n) is 6.68. The second-order valence-electron chi connectivity index (χ2n) is 6.23. The highest BCUT2D eigenvalue weighted by Crippen LogP contribution is 2.55. The Morgan fingerprint density at radius 1 is 1.28 bits per heavy atom. The average molecular weight is 244 g/mol. The molecule has 2 nitrogen and oxygen atoms in total. The third-order valence-corrected chi connectivity index (χ3v) is 4.75. The maximum Gasteiger partial charge on any atom is 0.147 e. The molecule has 0 bridgehead atoms. The van der Waals surface area contributed by atoms with E-state index < -0.39 is 0 Å². The van der Waals surface area contributed by atoms with Gasteiger partial charge in [-0.05, 0) is 50.8 Å². The van der Waals surface area contributed by atoms with Gasteiger partial charge in [-0.1, -0.05) is 13.0 Å². The number of fused-ring (bicyclic) bond motifs is 3. The van der Waals surface area contributed by atoms with E-state index in [1.165, 1.54) is 16.7 Å². The highest BCUT2D eigenvalue weighted by molar-refractivity contribution is 5.94. The normalized spacial score (nSPS) is 33.3. The van der Waals surface area contributed by atoms with Crippen LogP contribution >= 0.6 is 0 Å². The van der Waals surface area contributed by atoms with Crippen LogP contribution in [0.3, 0.4) is 0 Å². The number of ether oxygens (including phenoxy) is 1. The molecule has 1 fully saturated rings. The van der Waals surface area contributed by atoms with Crippen LogP contribution in [0.15, 0.2) is 6.07 Å². The van der Waals surface area contributed by atoms with Gasteiger partial charge in [-0.3, -0.25) is 4.79 Å². The van der Waals surface area contributed by atoms with Crippen molar-refractivity contribution in [3.05, 3.63) is 28.3 Å². The molecule has 0 saturated heterocycles. The van der Waals surface area contributed by atoms with Gasteiger partial charge < -0.3 is 4.74 Å². The number of aryl methyl sites for hydroxylation is 2. The minimum atomic E-state index is -0.317. The van der Waals surface area contributed by atoms with Gasteiger partial charge in [0.1, 0.15) is 17.1 Å². The first-order chi connectivity index (χ1) is 8.35. The van der Waals surface area contributed by atoms with Crippen molar-refractivity contribution in [1.82, 2.24) is 0 Å². The van der Waals surface area contributed by atoms with Gasteiger partial charge in [0.2, 0.25) is 0 Å². The van der Waals surface area contributed by atoms with Crippen LogP contribution in [-0.4, -0.2) is 11.4 Å². The molecule has 3 unspecified atom stereocenters. The molecule has 0 N–H and O–H groups in total. The third kappa shape index (κ3) is 1.26. The lowest BCUT2D eigenvalue weighted by Crippen LogP contribution is -2.31. The van der Waals surface area contributed by atoms with Crippen molar-refractivity contribution >= 4 is 5.78 Å². The Morgan fingerprint density at radius 2 is 1.94 bits per heavy atom. The topological polar surface area (TPSA) is 26.3 Å². The fraction of sp³-hybridized carbons (Fsp3) is 0.562. The first-order valence-corrected chi connectivity index (χ1v) is 6.68. The minimum absolute atomic E-state index is 0.0539. The van der Waals surface area contributed by atoms with E-state index in [0.29, 0.717) is 5.78 Å². The Morgan fingerprint density at radius 3 is 2.61 bits per heavy atom. The lowest BCUT2D eigenvalue weighted by Gasteiger charge is -2.22. The molecule has 3 atom stereocenters. The Labute approximate surface area is 108 Å². The average Bonchev–Trinajstić information content (AvgIpc) is 2.68. The molecule has 1 aromatic carbocycles. The van der Waals surface area contributed by atoms with Gasteiger partial charge in [0.15, 0.2) is 0 Å². The van der Waals surface area contributed by atoms with Crippen LogP contribution < -0.4 is 4.74 Å². The zero-order valence-corrected chi connectivity index (χ0v) is 11.8. The highest BCUT2D eigenvalue weighted by atomic mass is 16.5. The third-order valence-electron chi connectivity index (χ3n) is 4.75. The maximum absolute atomic E-state index is 12.4. The monoisotopic (exact) mass is 244 g/mol. The summed E-state index contributed by atoms with van der Waals surface area (Å²) in [5.74, 6) is 1.39. The molecule has 1 saturated carbocycles. The Bertz CT molecular complexity index is 559. The fourth-order valence-electron chi connectivity index (χ4n) is 3.75. The van der Waals surface area contributed by atoms with E-state index in [4.69, 9.17) is 4.74 Å². The Balaban J connectivity index is 2.25. The Hall–Kier alpha value is -1.31. The second-order valence-corrected chi connectivity index (χ2v) is 6.23. The second kappa shape index (κ2) is 3.37. The van der Waals surface area contributed by atoms with E-state index in [1.807, 2.05) is 6.92 Å². The van der Waals surface area contributed by atoms with Crippen molar-refractivity contribution in [2.24, 2.45) is 5.92 Å². The van der Waals surface area contributed by atoms with Crippen LogP contribution in [0.4, 0.5) is 0 Å². The largest absolute Gasteiger partial charge is 0.486 e. The van der Waals surface area contributed by atoms with Crippen molar-refractivity contribution in [3.63, 3.8) is 0 Å². The molecule has 1 aromatic rings. The smallest absolute Gasteiger partial charge is 0.147 e. The summed E-state index contributed by atoms with van der Waals surface area (Å²) < 4.78 is 6.23. The van der Waals surface area contributed by atoms with Gasteiger partial charge in [0.05, 0.1) is 5.92 Å². The fourth-order valence-corrected chi connectivity index (χ4v) is 3.75. The van der Waals surface area contributed by atoms with Crippen LogP contribution in [0.1, 0.15) is 48.4 Å². The number of carbonyl (C=O) groups excluding carboxylic acids is 1. The summed E-state index contributed by atoms with van der Waals surface area (Å²) in [4.78, 5) is 12.4. The molecule has 2 heteroatoms. The molecule has 0 radical (unpaired) electrons. The van der Waals surface area contributed by atoms with E-state index in [0.717, 1.165) is 17.7 Å². The quantitative estimate of drug-likeness (QED) is 0.698.